The standard InChI is InChI=1S/C7H12O5/c8-4-1-2-7(11)12-5-3-6(9)10/h8H,1-5H2,(H,9,10). The van der Waals surface area contributed by atoms with Crippen LogP contribution in [0.1, 0.15) is 19.3 Å². The third kappa shape index (κ3) is 7.01. The number of carboxylic acid groups (broad SMARTS) is 1. The zero-order chi connectivity index (χ0) is 9.40. The van der Waals surface area contributed by atoms with Gasteiger partial charge >= 0.3 is 11.9 Å². The molecule has 70 valence electrons. The summed E-state index contributed by atoms with van der Waals surface area (Å²) in [6, 6.07) is 0. The molecule has 0 aromatic carbocycles. The van der Waals surface area contributed by atoms with E-state index in [9.17, 15) is 9.59 Å². The lowest BCUT2D eigenvalue weighted by Crippen LogP contribution is -2.09. The Kier molecular flexibility index (Phi) is 6.00. The van der Waals surface area contributed by atoms with Gasteiger partial charge in [-0.3, -0.25) is 9.59 Å². The number of aliphatic hydroxyl groups excluding tert-OH is 1. The van der Waals surface area contributed by atoms with Gasteiger partial charge in [0.25, 0.3) is 0 Å². The van der Waals surface area contributed by atoms with Crippen molar-refractivity contribution in [3.8, 4) is 0 Å². The molecule has 2 N–H and O–H groups in total. The molecular weight excluding hydrogens is 164 g/mol. The molecule has 0 rings (SSSR count). The smallest absolute Gasteiger partial charge is 0.306 e. The Bertz CT molecular complexity index is 154. The molecule has 0 unspecified atom stereocenters. The maximum atomic E-state index is 10.7. The van der Waals surface area contributed by atoms with E-state index < -0.39 is 11.9 Å². The van der Waals surface area contributed by atoms with Crippen LogP contribution in [0.4, 0.5) is 0 Å². The number of aliphatic carboxylic acids is 1. The first-order chi connectivity index (χ1) is 5.66. The molecule has 0 aliphatic rings. The lowest BCUT2D eigenvalue weighted by Gasteiger charge is -2.00. The molecule has 0 atom stereocenters. The number of hydrogen-bond donors (Lipinski definition) is 2. The lowest BCUT2D eigenvalue weighted by atomic mass is 10.3. The Labute approximate surface area is 70.0 Å². The average molecular weight is 176 g/mol. The van der Waals surface area contributed by atoms with Crippen LogP contribution in [-0.4, -0.2) is 35.4 Å². The van der Waals surface area contributed by atoms with Gasteiger partial charge in [0.05, 0.1) is 6.42 Å². The number of rotatable bonds is 6. The molecule has 0 saturated carbocycles. The highest BCUT2D eigenvalue weighted by molar-refractivity contribution is 5.70. The molecule has 0 spiro atoms. The van der Waals surface area contributed by atoms with Gasteiger partial charge in [-0.15, -0.1) is 0 Å². The largest absolute Gasteiger partial charge is 0.481 e. The Morgan fingerprint density at radius 3 is 2.42 bits per heavy atom. The van der Waals surface area contributed by atoms with Crippen LogP contribution in [0, 0.1) is 0 Å². The van der Waals surface area contributed by atoms with Gasteiger partial charge in [0.2, 0.25) is 0 Å². The SMILES string of the molecule is O=C(O)CCOC(=O)CCCO. The topological polar surface area (TPSA) is 83.8 Å². The molecule has 0 aromatic heterocycles. The number of carboxylic acids is 1. The molecule has 12 heavy (non-hydrogen) atoms. The van der Waals surface area contributed by atoms with Gasteiger partial charge in [-0.2, -0.15) is 0 Å². The second-order valence-corrected chi connectivity index (χ2v) is 2.19. The van der Waals surface area contributed by atoms with Gasteiger partial charge in [-0.1, -0.05) is 0 Å². The molecule has 0 aliphatic heterocycles. The quantitative estimate of drug-likeness (QED) is 0.546. The first-order valence-corrected chi connectivity index (χ1v) is 3.65. The van der Waals surface area contributed by atoms with E-state index in [1.165, 1.54) is 0 Å². The summed E-state index contributed by atoms with van der Waals surface area (Å²) in [4.78, 5) is 20.6. The number of carbonyl (C=O) groups excluding carboxylic acids is 1. The van der Waals surface area contributed by atoms with Gasteiger partial charge in [-0.25, -0.2) is 0 Å². The predicted octanol–water partition coefficient (Wildman–Crippen LogP) is -0.223. The van der Waals surface area contributed by atoms with Gasteiger partial charge in [0.15, 0.2) is 0 Å². The normalized spacial score (nSPS) is 9.42. The average Bonchev–Trinajstić information content (AvgIpc) is 2.00. The Hall–Kier alpha value is -1.10. The molecule has 5 nitrogen and oxygen atoms in total. The van der Waals surface area contributed by atoms with Gasteiger partial charge in [-0.05, 0) is 6.42 Å². The number of carbonyl (C=O) groups is 2. The van der Waals surface area contributed by atoms with E-state index in [0.29, 0.717) is 6.42 Å². The highest BCUT2D eigenvalue weighted by atomic mass is 16.5. The van der Waals surface area contributed by atoms with Crippen molar-refractivity contribution >= 4 is 11.9 Å². The summed E-state index contributed by atoms with van der Waals surface area (Å²) < 4.78 is 4.52. The molecule has 0 amide bonds. The third-order valence-electron chi connectivity index (χ3n) is 1.12. The van der Waals surface area contributed by atoms with Crippen LogP contribution < -0.4 is 0 Å². The van der Waals surface area contributed by atoms with E-state index in [4.69, 9.17) is 10.2 Å². The summed E-state index contributed by atoms with van der Waals surface area (Å²) in [6.07, 6.45) is 0.312. The van der Waals surface area contributed by atoms with Crippen molar-refractivity contribution in [1.82, 2.24) is 0 Å². The molecule has 0 heterocycles. The fourth-order valence-corrected chi connectivity index (χ4v) is 0.548. The van der Waals surface area contributed by atoms with E-state index >= 15 is 0 Å². The number of hydrogen-bond acceptors (Lipinski definition) is 4. The van der Waals surface area contributed by atoms with Crippen molar-refractivity contribution in [1.29, 1.82) is 0 Å². The zero-order valence-electron chi connectivity index (χ0n) is 6.65. The molecule has 0 aromatic rings. The van der Waals surface area contributed by atoms with Crippen LogP contribution in [0.3, 0.4) is 0 Å². The number of aliphatic hydroxyl groups is 1. The van der Waals surface area contributed by atoms with Gasteiger partial charge in [0.1, 0.15) is 6.61 Å². The minimum Gasteiger partial charge on any atom is -0.481 e. The van der Waals surface area contributed by atoms with E-state index in [-0.39, 0.29) is 26.1 Å². The lowest BCUT2D eigenvalue weighted by molar-refractivity contribution is -0.146. The van der Waals surface area contributed by atoms with E-state index in [0.717, 1.165) is 0 Å². The maximum Gasteiger partial charge on any atom is 0.306 e. The molecule has 0 radical (unpaired) electrons. The van der Waals surface area contributed by atoms with Crippen molar-refractivity contribution in [3.63, 3.8) is 0 Å². The minimum absolute atomic E-state index is 0.0615. The van der Waals surface area contributed by atoms with Crippen LogP contribution >= 0.6 is 0 Å². The van der Waals surface area contributed by atoms with Crippen molar-refractivity contribution in [3.05, 3.63) is 0 Å². The van der Waals surface area contributed by atoms with Crippen LogP contribution in [0.5, 0.6) is 0 Å². The Balaban J connectivity index is 3.25. The molecule has 0 aliphatic carbocycles. The van der Waals surface area contributed by atoms with Crippen LogP contribution in [0.15, 0.2) is 0 Å². The molecule has 0 saturated heterocycles. The van der Waals surface area contributed by atoms with Crippen LogP contribution in [0.25, 0.3) is 0 Å². The fourth-order valence-electron chi connectivity index (χ4n) is 0.548. The summed E-state index contributed by atoms with van der Waals surface area (Å²) in [6.45, 7) is -0.159. The van der Waals surface area contributed by atoms with Crippen molar-refractivity contribution in [2.45, 2.75) is 19.3 Å². The van der Waals surface area contributed by atoms with E-state index in [1.807, 2.05) is 0 Å². The van der Waals surface area contributed by atoms with Crippen molar-refractivity contribution in [2.24, 2.45) is 0 Å². The molecule has 0 bridgehead atoms. The first kappa shape index (κ1) is 10.9. The zero-order valence-corrected chi connectivity index (χ0v) is 6.65. The van der Waals surface area contributed by atoms with Crippen LogP contribution in [0.2, 0.25) is 0 Å². The number of ether oxygens (including phenoxy) is 1. The molecular formula is C7H12O5. The monoisotopic (exact) mass is 176 g/mol. The Morgan fingerprint density at radius 1 is 1.25 bits per heavy atom. The second kappa shape index (κ2) is 6.60. The van der Waals surface area contributed by atoms with Gasteiger partial charge in [0, 0.05) is 13.0 Å². The predicted molar refractivity (Wildman–Crippen MR) is 39.5 cm³/mol. The van der Waals surface area contributed by atoms with Crippen LogP contribution in [-0.2, 0) is 14.3 Å². The number of esters is 1. The molecule has 5 heteroatoms. The Morgan fingerprint density at radius 2 is 1.92 bits per heavy atom. The summed E-state index contributed by atoms with van der Waals surface area (Å²) in [5.74, 6) is -1.46. The second-order valence-electron chi connectivity index (χ2n) is 2.19. The minimum atomic E-state index is -0.995. The first-order valence-electron chi connectivity index (χ1n) is 3.65. The van der Waals surface area contributed by atoms with Crippen molar-refractivity contribution in [2.75, 3.05) is 13.2 Å². The van der Waals surface area contributed by atoms with E-state index in [2.05, 4.69) is 4.74 Å². The van der Waals surface area contributed by atoms with E-state index in [1.54, 1.807) is 0 Å². The summed E-state index contributed by atoms with van der Waals surface area (Å²) in [5.41, 5.74) is 0. The summed E-state index contributed by atoms with van der Waals surface area (Å²) >= 11 is 0. The highest BCUT2D eigenvalue weighted by Gasteiger charge is 2.03. The maximum absolute atomic E-state index is 10.7. The third-order valence-corrected chi connectivity index (χ3v) is 1.12. The summed E-state index contributed by atoms with van der Waals surface area (Å²) in [5, 5.41) is 16.5. The fraction of sp³-hybridized carbons (Fsp3) is 0.714. The molecule has 0 fully saturated rings. The van der Waals surface area contributed by atoms with Gasteiger partial charge < -0.3 is 14.9 Å². The highest BCUT2D eigenvalue weighted by Crippen LogP contribution is 1.92. The summed E-state index contributed by atoms with van der Waals surface area (Å²) in [7, 11) is 0. The van der Waals surface area contributed by atoms with Crippen molar-refractivity contribution < 1.29 is 24.5 Å².